The molecule has 4 saturated carbocycles. The third-order valence-electron chi connectivity index (χ3n) is 5.67. The summed E-state index contributed by atoms with van der Waals surface area (Å²) in [4.78, 5) is 0. The van der Waals surface area contributed by atoms with Crippen LogP contribution in [-0.2, 0) is 0 Å². The maximum Gasteiger partial charge on any atom is 0.187 e. The van der Waals surface area contributed by atoms with E-state index in [9.17, 15) is 0 Å². The lowest BCUT2D eigenvalue weighted by molar-refractivity contribution is -0.0101. The van der Waals surface area contributed by atoms with Crippen molar-refractivity contribution < 1.29 is 0 Å². The average Bonchev–Trinajstić information content (AvgIpc) is 2.47. The van der Waals surface area contributed by atoms with Gasteiger partial charge in [0.05, 0.1) is 6.21 Å². The smallest absolute Gasteiger partial charge is 0.187 e. The molecule has 4 aliphatic carbocycles. The maximum absolute atomic E-state index is 5.88. The van der Waals surface area contributed by atoms with Crippen LogP contribution in [0.2, 0.25) is 5.02 Å². The number of hydrazone groups is 1. The summed E-state index contributed by atoms with van der Waals surface area (Å²) in [5.74, 6) is 2.73. The molecule has 1 aromatic carbocycles. The highest BCUT2D eigenvalue weighted by molar-refractivity contribution is 7.80. The molecular weight excluding hydrogens is 326 g/mol. The summed E-state index contributed by atoms with van der Waals surface area (Å²) < 4.78 is 0. The first-order valence-electron chi connectivity index (χ1n) is 8.47. The van der Waals surface area contributed by atoms with E-state index in [1.165, 1.54) is 38.5 Å². The summed E-state index contributed by atoms with van der Waals surface area (Å²) in [7, 11) is 0. The van der Waals surface area contributed by atoms with Gasteiger partial charge in [-0.3, -0.25) is 5.43 Å². The normalized spacial score (nSPS) is 34.7. The van der Waals surface area contributed by atoms with E-state index < -0.39 is 0 Å². The Bertz CT molecular complexity index is 590. The van der Waals surface area contributed by atoms with Crippen molar-refractivity contribution in [2.75, 3.05) is 0 Å². The molecule has 0 saturated heterocycles. The zero-order valence-corrected chi connectivity index (χ0v) is 14.7. The molecule has 3 nitrogen and oxygen atoms in total. The second kappa shape index (κ2) is 6.06. The Morgan fingerprint density at radius 3 is 2.22 bits per heavy atom. The van der Waals surface area contributed by atoms with E-state index in [0.717, 1.165) is 28.3 Å². The van der Waals surface area contributed by atoms with Gasteiger partial charge in [0, 0.05) is 10.6 Å². The number of thiocarbonyl (C=S) groups is 1. The van der Waals surface area contributed by atoms with Crippen molar-refractivity contribution in [2.24, 2.45) is 22.9 Å². The van der Waals surface area contributed by atoms with Gasteiger partial charge in [-0.1, -0.05) is 23.7 Å². The minimum atomic E-state index is 0.231. The molecule has 4 fully saturated rings. The van der Waals surface area contributed by atoms with Gasteiger partial charge >= 0.3 is 0 Å². The minimum Gasteiger partial charge on any atom is -0.356 e. The third-order valence-corrected chi connectivity index (χ3v) is 6.11. The van der Waals surface area contributed by atoms with Gasteiger partial charge in [0.1, 0.15) is 0 Å². The molecule has 0 heterocycles. The Kier molecular flexibility index (Phi) is 4.06. The number of benzene rings is 1. The van der Waals surface area contributed by atoms with Gasteiger partial charge in [0.25, 0.3) is 0 Å². The van der Waals surface area contributed by atoms with Crippen LogP contribution in [0.5, 0.6) is 0 Å². The molecule has 4 aliphatic rings. The van der Waals surface area contributed by atoms with E-state index in [2.05, 4.69) is 15.8 Å². The van der Waals surface area contributed by atoms with Crippen molar-refractivity contribution in [2.45, 2.75) is 44.1 Å². The molecular formula is C18H22ClN3S. The quantitative estimate of drug-likeness (QED) is 0.491. The number of rotatable bonds is 3. The lowest BCUT2D eigenvalue weighted by atomic mass is 9.53. The molecule has 23 heavy (non-hydrogen) atoms. The van der Waals surface area contributed by atoms with Crippen molar-refractivity contribution in [3.63, 3.8) is 0 Å². The largest absolute Gasteiger partial charge is 0.356 e. The van der Waals surface area contributed by atoms with Crippen LogP contribution < -0.4 is 10.7 Å². The van der Waals surface area contributed by atoms with E-state index in [-0.39, 0.29) is 5.54 Å². The zero-order chi connectivity index (χ0) is 15.9. The van der Waals surface area contributed by atoms with Crippen LogP contribution in [-0.4, -0.2) is 16.9 Å². The van der Waals surface area contributed by atoms with Crippen molar-refractivity contribution in [3.8, 4) is 0 Å². The van der Waals surface area contributed by atoms with Crippen LogP contribution in [0.4, 0.5) is 0 Å². The van der Waals surface area contributed by atoms with E-state index in [1.807, 2.05) is 24.3 Å². The Morgan fingerprint density at radius 1 is 1.09 bits per heavy atom. The molecule has 4 bridgehead atoms. The van der Waals surface area contributed by atoms with E-state index in [4.69, 9.17) is 23.8 Å². The topological polar surface area (TPSA) is 36.4 Å². The fourth-order valence-corrected chi connectivity index (χ4v) is 5.64. The van der Waals surface area contributed by atoms with Gasteiger partial charge in [-0.05, 0) is 86.2 Å². The first kappa shape index (κ1) is 15.4. The van der Waals surface area contributed by atoms with E-state index in [0.29, 0.717) is 5.11 Å². The molecule has 0 aromatic heterocycles. The van der Waals surface area contributed by atoms with Crippen molar-refractivity contribution >= 4 is 35.1 Å². The van der Waals surface area contributed by atoms with Gasteiger partial charge in [-0.15, -0.1) is 0 Å². The van der Waals surface area contributed by atoms with Crippen LogP contribution >= 0.6 is 23.8 Å². The van der Waals surface area contributed by atoms with Gasteiger partial charge in [-0.2, -0.15) is 5.10 Å². The Balaban J connectivity index is 1.34. The predicted molar refractivity (Wildman–Crippen MR) is 98.8 cm³/mol. The lowest BCUT2D eigenvalue weighted by Crippen LogP contribution is -2.61. The highest BCUT2D eigenvalue weighted by Crippen LogP contribution is 2.55. The highest BCUT2D eigenvalue weighted by atomic mass is 35.5. The molecule has 122 valence electrons. The average molecular weight is 348 g/mol. The Labute approximate surface area is 147 Å². The second-order valence-corrected chi connectivity index (χ2v) is 8.42. The standard InChI is InChI=1S/C18H22ClN3S/c19-16-3-1-12(2-4-16)11-20-22-17(23)21-18-8-13-5-14(9-18)7-15(6-13)10-18/h1-4,11,13-15H,5-10H2,(H2,21,22,23)/b20-11+. The van der Waals surface area contributed by atoms with Crippen LogP contribution in [0.25, 0.3) is 0 Å². The van der Waals surface area contributed by atoms with E-state index >= 15 is 0 Å². The van der Waals surface area contributed by atoms with Gasteiger partial charge in [0.15, 0.2) is 5.11 Å². The van der Waals surface area contributed by atoms with Gasteiger partial charge in [-0.25, -0.2) is 0 Å². The minimum absolute atomic E-state index is 0.231. The maximum atomic E-state index is 5.88. The zero-order valence-electron chi connectivity index (χ0n) is 13.1. The number of nitrogens with one attached hydrogen (secondary N) is 2. The summed E-state index contributed by atoms with van der Waals surface area (Å²) in [6.07, 6.45) is 9.93. The molecule has 0 spiro atoms. The van der Waals surface area contributed by atoms with Crippen molar-refractivity contribution in [1.29, 1.82) is 0 Å². The monoisotopic (exact) mass is 347 g/mol. The third kappa shape index (κ3) is 3.38. The SMILES string of the molecule is S=C(N/N=C/c1ccc(Cl)cc1)NC12CC3CC(CC(C3)C1)C2. The van der Waals surface area contributed by atoms with Crippen molar-refractivity contribution in [1.82, 2.24) is 10.7 Å². The fourth-order valence-electron chi connectivity index (χ4n) is 5.25. The molecule has 0 unspecified atom stereocenters. The fraction of sp³-hybridized carbons (Fsp3) is 0.556. The summed E-state index contributed by atoms with van der Waals surface area (Å²) in [6.45, 7) is 0. The van der Waals surface area contributed by atoms with E-state index in [1.54, 1.807) is 6.21 Å². The first-order valence-corrected chi connectivity index (χ1v) is 9.26. The van der Waals surface area contributed by atoms with Crippen LogP contribution in [0, 0.1) is 17.8 Å². The molecule has 0 atom stereocenters. The molecule has 5 rings (SSSR count). The number of nitrogens with zero attached hydrogens (tertiary/aromatic N) is 1. The summed E-state index contributed by atoms with van der Waals surface area (Å²) in [5.41, 5.74) is 4.21. The van der Waals surface area contributed by atoms with Crippen molar-refractivity contribution in [3.05, 3.63) is 34.9 Å². The predicted octanol–water partition coefficient (Wildman–Crippen LogP) is 4.11. The summed E-state index contributed by atoms with van der Waals surface area (Å²) in [6, 6.07) is 7.58. The number of hydrogen-bond acceptors (Lipinski definition) is 2. The molecule has 0 aliphatic heterocycles. The Morgan fingerprint density at radius 2 is 1.65 bits per heavy atom. The van der Waals surface area contributed by atoms with Crippen LogP contribution in [0.3, 0.4) is 0 Å². The summed E-state index contributed by atoms with van der Waals surface area (Å²) >= 11 is 11.3. The van der Waals surface area contributed by atoms with Crippen LogP contribution in [0.1, 0.15) is 44.1 Å². The summed E-state index contributed by atoms with van der Waals surface area (Å²) in [5, 5.41) is 9.23. The number of halogens is 1. The molecule has 2 N–H and O–H groups in total. The van der Waals surface area contributed by atoms with Crippen LogP contribution in [0.15, 0.2) is 29.4 Å². The molecule has 5 heteroatoms. The molecule has 1 aromatic rings. The lowest BCUT2D eigenvalue weighted by Gasteiger charge is -2.57. The Hall–Kier alpha value is -1.13. The number of hydrogen-bond donors (Lipinski definition) is 2. The second-order valence-electron chi connectivity index (χ2n) is 7.57. The highest BCUT2D eigenvalue weighted by Gasteiger charge is 2.51. The molecule has 0 amide bonds. The molecule has 0 radical (unpaired) electrons. The van der Waals surface area contributed by atoms with Gasteiger partial charge in [0.2, 0.25) is 0 Å². The first-order chi connectivity index (χ1) is 11.1. The van der Waals surface area contributed by atoms with Gasteiger partial charge < -0.3 is 5.32 Å².